The summed E-state index contributed by atoms with van der Waals surface area (Å²) in [5, 5.41) is 11.1. The van der Waals surface area contributed by atoms with E-state index in [1.54, 1.807) is 51.3 Å². The van der Waals surface area contributed by atoms with E-state index in [4.69, 9.17) is 9.84 Å². The molecule has 14 heteroatoms. The molecule has 0 saturated carbocycles. The van der Waals surface area contributed by atoms with Gasteiger partial charge in [-0.2, -0.15) is 0 Å². The maximum atomic E-state index is 13.9. The van der Waals surface area contributed by atoms with E-state index in [2.05, 4.69) is 15.8 Å². The van der Waals surface area contributed by atoms with Crippen LogP contribution >= 0.6 is 0 Å². The van der Waals surface area contributed by atoms with Crippen molar-refractivity contribution in [3.8, 4) is 0 Å². The number of likely N-dealkylation sites (tertiary alicyclic amines) is 1. The van der Waals surface area contributed by atoms with Crippen molar-refractivity contribution in [3.63, 3.8) is 0 Å². The highest BCUT2D eigenvalue weighted by atomic mass is 19.1. The number of anilines is 1. The Kier molecular flexibility index (Phi) is 13.3. The van der Waals surface area contributed by atoms with Gasteiger partial charge in [-0.15, -0.1) is 0 Å². The van der Waals surface area contributed by atoms with Crippen molar-refractivity contribution in [1.82, 2.24) is 14.0 Å². The molecule has 0 unspecified atom stereocenters. The number of nitrogens with two attached hydrogens (primary N) is 1. The highest BCUT2D eigenvalue weighted by molar-refractivity contribution is 5.92. The molecule has 1 fully saturated rings. The van der Waals surface area contributed by atoms with Crippen LogP contribution in [0.2, 0.25) is 0 Å². The molecule has 3 amide bonds. The number of hydrogen-bond acceptors (Lipinski definition) is 8. The van der Waals surface area contributed by atoms with Gasteiger partial charge in [0.2, 0.25) is 11.8 Å². The van der Waals surface area contributed by atoms with Gasteiger partial charge < -0.3 is 35.1 Å². The van der Waals surface area contributed by atoms with Gasteiger partial charge in [-0.25, -0.2) is 18.5 Å². The quantitative estimate of drug-likeness (QED) is 0.216. The summed E-state index contributed by atoms with van der Waals surface area (Å²) in [6.07, 6.45) is 6.76. The zero-order valence-corrected chi connectivity index (χ0v) is 26.9. The Bertz CT molecular complexity index is 1650. The summed E-state index contributed by atoms with van der Waals surface area (Å²) in [4.78, 5) is 62.2. The average Bonchev–Trinajstić information content (AvgIpc) is 3.65. The molecule has 0 bridgehead atoms. The van der Waals surface area contributed by atoms with E-state index >= 15 is 0 Å². The second-order valence-corrected chi connectivity index (χ2v) is 11.8. The largest absolute Gasteiger partial charge is 0.447 e. The molecule has 47 heavy (non-hydrogen) atoms. The molecule has 0 atom stereocenters. The number of carbonyl (C=O) groups excluding carboxylic acids is 4. The van der Waals surface area contributed by atoms with Crippen LogP contribution in [0.25, 0.3) is 10.9 Å². The van der Waals surface area contributed by atoms with Crippen molar-refractivity contribution in [2.75, 3.05) is 31.6 Å². The number of pyridine rings is 1. The fraction of sp³-hybridized carbons (Fsp3) is 0.424. The van der Waals surface area contributed by atoms with Crippen molar-refractivity contribution < 1.29 is 38.1 Å². The Balaban J connectivity index is 0.000000771. The van der Waals surface area contributed by atoms with Crippen LogP contribution in [0.5, 0.6) is 0 Å². The van der Waals surface area contributed by atoms with Gasteiger partial charge in [0.25, 0.3) is 5.56 Å². The van der Waals surface area contributed by atoms with E-state index in [0.717, 1.165) is 25.9 Å². The molecule has 4 N–H and O–H groups in total. The molecule has 1 aliphatic rings. The number of ether oxygens (including phenoxy) is 2. The topological polar surface area (TPSA) is 175 Å². The molecule has 2 aromatic heterocycles. The smallest absolute Gasteiger partial charge is 0.419 e. The van der Waals surface area contributed by atoms with E-state index < -0.39 is 29.2 Å². The lowest BCUT2D eigenvalue weighted by atomic mass is 10.2. The van der Waals surface area contributed by atoms with Crippen LogP contribution in [0.1, 0.15) is 58.6 Å². The van der Waals surface area contributed by atoms with Crippen molar-refractivity contribution in [1.29, 1.82) is 0 Å². The lowest BCUT2D eigenvalue weighted by Gasteiger charge is -2.21. The summed E-state index contributed by atoms with van der Waals surface area (Å²) in [5.41, 5.74) is 4.30. The molecule has 0 radical (unpaired) electrons. The minimum Gasteiger partial charge on any atom is -0.447 e. The molecule has 4 rings (SSSR count). The Labute approximate surface area is 271 Å². The van der Waals surface area contributed by atoms with Crippen LogP contribution in [0, 0.1) is 5.82 Å². The number of fused-ring (bicyclic) bond motifs is 1. The molecule has 1 aliphatic heterocycles. The number of primary amides is 1. The number of unbranched alkanes of at least 4 members (excludes halogenated alkanes) is 1. The number of amides is 3. The summed E-state index contributed by atoms with van der Waals surface area (Å²) in [5.74, 6) is -0.758. The second-order valence-electron chi connectivity index (χ2n) is 11.8. The Hall–Kier alpha value is -4.98. The number of halogens is 1. The van der Waals surface area contributed by atoms with Crippen molar-refractivity contribution >= 4 is 40.6 Å². The predicted molar refractivity (Wildman–Crippen MR) is 173 cm³/mol. The average molecular weight is 656 g/mol. The number of aliphatic hydroxyl groups excluding tert-OH is 1. The van der Waals surface area contributed by atoms with E-state index in [1.807, 2.05) is 4.90 Å². The van der Waals surface area contributed by atoms with E-state index in [9.17, 15) is 28.4 Å². The minimum atomic E-state index is -0.853. The molecule has 0 spiro atoms. The Morgan fingerprint density at radius 1 is 1.11 bits per heavy atom. The number of rotatable bonds is 10. The number of aromatic nitrogens is 2. The zero-order chi connectivity index (χ0) is 34.6. The first-order chi connectivity index (χ1) is 22.3. The first-order valence-electron chi connectivity index (χ1n) is 15.3. The summed E-state index contributed by atoms with van der Waals surface area (Å²) in [6.45, 7) is 6.63. The van der Waals surface area contributed by atoms with Crippen LogP contribution in [0.15, 0.2) is 59.5 Å². The Morgan fingerprint density at radius 3 is 2.47 bits per heavy atom. The fourth-order valence-corrected chi connectivity index (χ4v) is 4.78. The molecule has 1 aromatic carbocycles. The maximum Gasteiger partial charge on any atom is 0.419 e. The van der Waals surface area contributed by atoms with Gasteiger partial charge in [0, 0.05) is 36.8 Å². The third-order valence-corrected chi connectivity index (χ3v) is 6.83. The van der Waals surface area contributed by atoms with Gasteiger partial charge in [0.05, 0.1) is 18.7 Å². The van der Waals surface area contributed by atoms with Gasteiger partial charge in [0.15, 0.2) is 0 Å². The predicted octanol–water partition coefficient (Wildman–Crippen LogP) is 4.14. The fourth-order valence-electron chi connectivity index (χ4n) is 4.78. The van der Waals surface area contributed by atoms with Crippen molar-refractivity contribution in [3.05, 3.63) is 76.6 Å². The number of aliphatic hydroxyl groups is 1. The second kappa shape index (κ2) is 17.1. The highest BCUT2D eigenvalue weighted by Crippen LogP contribution is 2.24. The number of hydrogen-bond donors (Lipinski definition) is 3. The molecular weight excluding hydrogens is 613 g/mol. The SMILES string of the molecule is CC(C)(C)OC(=O)n1c(Cn2cccc(NC(=O)CCC/C=C/C(=O)N3CCCC3)c2=O)cc2cc(F)ccc21.NC(=O)OCCO. The van der Waals surface area contributed by atoms with Gasteiger partial charge in [-0.1, -0.05) is 6.08 Å². The standard InChI is InChI=1S/C30H35FN4O5.C3H7NO3/c1-30(2,3)40-29(39)35-23(19-21-18-22(31)13-14-25(21)35)20-34-17-9-10-24(28(34)38)32-26(36)11-5-4-6-12-27(37)33-15-7-8-16-33;4-3(6)7-2-1-5/h6,9-10,12-14,17-19H,4-5,7-8,11,15-16,20H2,1-3H3,(H,32,36);5H,1-2H2,(H2,4,6)/b12-6+;. The first kappa shape index (κ1) is 36.5. The first-order valence-corrected chi connectivity index (χ1v) is 15.3. The van der Waals surface area contributed by atoms with Crippen LogP contribution in [-0.2, 0) is 25.6 Å². The highest BCUT2D eigenvalue weighted by Gasteiger charge is 2.23. The van der Waals surface area contributed by atoms with Gasteiger partial charge in [-0.3, -0.25) is 14.4 Å². The summed E-state index contributed by atoms with van der Waals surface area (Å²) in [6, 6.07) is 8.86. The number of nitrogens with zero attached hydrogens (tertiary/aromatic N) is 3. The summed E-state index contributed by atoms with van der Waals surface area (Å²) >= 11 is 0. The lowest BCUT2D eigenvalue weighted by molar-refractivity contribution is -0.125. The van der Waals surface area contributed by atoms with E-state index in [-0.39, 0.29) is 43.7 Å². The van der Waals surface area contributed by atoms with Crippen molar-refractivity contribution in [2.45, 2.75) is 65.0 Å². The molecule has 3 aromatic rings. The molecular formula is C33H42FN5O8. The van der Waals surface area contributed by atoms with Crippen LogP contribution in [0.4, 0.5) is 19.7 Å². The number of allylic oxidation sites excluding steroid dienone is 1. The molecule has 254 valence electrons. The third kappa shape index (κ3) is 11.4. The monoisotopic (exact) mass is 655 g/mol. The van der Waals surface area contributed by atoms with Crippen LogP contribution < -0.4 is 16.6 Å². The molecule has 3 heterocycles. The molecule has 0 aliphatic carbocycles. The molecule has 1 saturated heterocycles. The summed E-state index contributed by atoms with van der Waals surface area (Å²) in [7, 11) is 0. The molecule has 13 nitrogen and oxygen atoms in total. The zero-order valence-electron chi connectivity index (χ0n) is 26.9. The number of carbonyl (C=O) groups is 4. The number of benzene rings is 1. The van der Waals surface area contributed by atoms with Gasteiger partial charge in [-0.05, 0) is 88.9 Å². The van der Waals surface area contributed by atoms with E-state index in [0.29, 0.717) is 29.4 Å². The summed E-state index contributed by atoms with van der Waals surface area (Å²) < 4.78 is 26.2. The normalized spacial score (nSPS) is 12.9. The maximum absolute atomic E-state index is 13.9. The lowest BCUT2D eigenvalue weighted by Crippen LogP contribution is -2.30. The minimum absolute atomic E-state index is 0.00244. The van der Waals surface area contributed by atoms with Crippen molar-refractivity contribution in [2.24, 2.45) is 5.73 Å². The van der Waals surface area contributed by atoms with Crippen LogP contribution in [0.3, 0.4) is 0 Å². The number of nitrogens with one attached hydrogen (secondary N) is 1. The van der Waals surface area contributed by atoms with Gasteiger partial charge in [0.1, 0.15) is 23.7 Å². The third-order valence-electron chi connectivity index (χ3n) is 6.83. The van der Waals surface area contributed by atoms with E-state index in [1.165, 1.54) is 33.4 Å². The van der Waals surface area contributed by atoms with Crippen LogP contribution in [-0.4, -0.2) is 75.0 Å². The van der Waals surface area contributed by atoms with Gasteiger partial charge >= 0.3 is 12.2 Å². The Morgan fingerprint density at radius 2 is 1.83 bits per heavy atom.